The highest BCUT2D eigenvalue weighted by atomic mass is 33.1. The summed E-state index contributed by atoms with van der Waals surface area (Å²) >= 11 is 0. The lowest BCUT2D eigenvalue weighted by Gasteiger charge is -2.21. The van der Waals surface area contributed by atoms with Crippen LogP contribution >= 0.6 is 21.6 Å². The van der Waals surface area contributed by atoms with Crippen molar-refractivity contribution in [3.63, 3.8) is 0 Å². The first-order valence-corrected chi connectivity index (χ1v) is 17.2. The number of carboxylic acid groups (broad SMARTS) is 1. The predicted molar refractivity (Wildman–Crippen MR) is 172 cm³/mol. The number of hydrogen-bond acceptors (Lipinski definition) is 10. The molecule has 1 aromatic heterocycles. The molecule has 1 fully saturated rings. The van der Waals surface area contributed by atoms with Crippen molar-refractivity contribution >= 4 is 62.1 Å². The highest BCUT2D eigenvalue weighted by Gasteiger charge is 2.47. The van der Waals surface area contributed by atoms with Gasteiger partial charge in [-0.3, -0.25) is 24.2 Å². The molecule has 47 heavy (non-hydrogen) atoms. The van der Waals surface area contributed by atoms with Crippen LogP contribution in [0.3, 0.4) is 0 Å². The van der Waals surface area contributed by atoms with Gasteiger partial charge in [0.25, 0.3) is 11.8 Å². The highest BCUT2D eigenvalue weighted by Crippen LogP contribution is 2.32. The summed E-state index contributed by atoms with van der Waals surface area (Å²) in [6.45, 7) is 0.643. The molecule has 13 nitrogen and oxygen atoms in total. The molecule has 2 aromatic rings. The summed E-state index contributed by atoms with van der Waals surface area (Å²) in [5.74, 6) is -4.55. The SMILES string of the molecule is C[C@@H](C(=O)O)N(C)C(=O)CCSSCCC(=O)NCCCOc1cccc2c(C(=O)NCC(=O)N3CC(F)(F)C[C@H]3C#N)ccnc12. The minimum absolute atomic E-state index is 0.133. The second-order valence-electron chi connectivity index (χ2n) is 10.6. The predicted octanol–water partition coefficient (Wildman–Crippen LogP) is 2.70. The molecule has 1 aliphatic rings. The number of alkyl halides is 2. The fourth-order valence-electron chi connectivity index (χ4n) is 4.52. The van der Waals surface area contributed by atoms with E-state index in [1.807, 2.05) is 0 Å². The first-order chi connectivity index (χ1) is 22.3. The van der Waals surface area contributed by atoms with Crippen LogP contribution in [-0.2, 0) is 19.2 Å². The van der Waals surface area contributed by atoms with Crippen molar-refractivity contribution in [3.8, 4) is 11.8 Å². The van der Waals surface area contributed by atoms with E-state index in [0.717, 1.165) is 4.90 Å². The number of hydrogen-bond donors (Lipinski definition) is 3. The Balaban J connectivity index is 1.37. The Bertz CT molecular complexity index is 1510. The van der Waals surface area contributed by atoms with E-state index in [2.05, 4.69) is 15.6 Å². The zero-order valence-electron chi connectivity index (χ0n) is 25.9. The zero-order chi connectivity index (χ0) is 34.6. The van der Waals surface area contributed by atoms with E-state index in [-0.39, 0.29) is 36.8 Å². The Hall–Kier alpha value is -4.17. The van der Waals surface area contributed by atoms with Gasteiger partial charge < -0.3 is 30.3 Å². The summed E-state index contributed by atoms with van der Waals surface area (Å²) in [5, 5.41) is 23.8. The van der Waals surface area contributed by atoms with E-state index in [9.17, 15) is 32.8 Å². The molecule has 0 aliphatic carbocycles. The smallest absolute Gasteiger partial charge is 0.326 e. The van der Waals surface area contributed by atoms with Gasteiger partial charge in [0.15, 0.2) is 0 Å². The maximum absolute atomic E-state index is 13.7. The van der Waals surface area contributed by atoms with Crippen LogP contribution in [0.4, 0.5) is 8.78 Å². The third kappa shape index (κ3) is 11.0. The number of nitriles is 1. The summed E-state index contributed by atoms with van der Waals surface area (Å²) in [7, 11) is 4.36. The number of likely N-dealkylation sites (N-methyl/N-ethyl adjacent to an activating group) is 1. The molecule has 0 radical (unpaired) electrons. The molecule has 2 atom stereocenters. The summed E-state index contributed by atoms with van der Waals surface area (Å²) in [6.07, 6.45) is 1.65. The van der Waals surface area contributed by atoms with E-state index in [1.54, 1.807) is 24.3 Å². The maximum Gasteiger partial charge on any atom is 0.326 e. The van der Waals surface area contributed by atoms with Gasteiger partial charge in [0.1, 0.15) is 23.3 Å². The Kier molecular flexibility index (Phi) is 14.0. The molecule has 254 valence electrons. The van der Waals surface area contributed by atoms with Crippen LogP contribution in [0.15, 0.2) is 30.5 Å². The fourth-order valence-corrected chi connectivity index (χ4v) is 6.49. The van der Waals surface area contributed by atoms with E-state index >= 15 is 0 Å². The number of carboxylic acids is 1. The number of ether oxygens (including phenoxy) is 1. The average Bonchev–Trinajstić information content (AvgIpc) is 3.38. The number of halogens is 2. The molecule has 4 amide bonds. The van der Waals surface area contributed by atoms with E-state index in [0.29, 0.717) is 41.1 Å². The van der Waals surface area contributed by atoms with Crippen molar-refractivity contribution < 1.29 is 42.6 Å². The number of nitrogens with one attached hydrogen (secondary N) is 2. The Morgan fingerprint density at radius 3 is 2.62 bits per heavy atom. The van der Waals surface area contributed by atoms with Gasteiger partial charge in [-0.05, 0) is 25.5 Å². The molecule has 0 spiro atoms. The molecule has 3 N–H and O–H groups in total. The van der Waals surface area contributed by atoms with Crippen LogP contribution in [0.25, 0.3) is 10.9 Å². The van der Waals surface area contributed by atoms with Gasteiger partial charge in [-0.2, -0.15) is 5.26 Å². The molecule has 0 saturated carbocycles. The molecule has 0 bridgehead atoms. The minimum atomic E-state index is -3.16. The third-order valence-electron chi connectivity index (χ3n) is 7.25. The van der Waals surface area contributed by atoms with Crippen LogP contribution < -0.4 is 15.4 Å². The zero-order valence-corrected chi connectivity index (χ0v) is 27.5. The quantitative estimate of drug-likeness (QED) is 0.164. The normalized spacial score (nSPS) is 15.8. The Morgan fingerprint density at radius 1 is 1.19 bits per heavy atom. The third-order valence-corrected chi connectivity index (χ3v) is 9.65. The summed E-state index contributed by atoms with van der Waals surface area (Å²) < 4.78 is 33.2. The lowest BCUT2D eigenvalue weighted by Crippen LogP contribution is -2.43. The number of pyridine rings is 1. The Morgan fingerprint density at radius 2 is 1.91 bits per heavy atom. The number of carbonyl (C=O) groups is 5. The number of benzene rings is 1. The number of para-hydroxylation sites is 1. The molecule has 1 aliphatic heterocycles. The second-order valence-corrected chi connectivity index (χ2v) is 13.3. The molecule has 2 heterocycles. The molecular formula is C30H36F2N6O7S2. The topological polar surface area (TPSA) is 182 Å². The number of carbonyl (C=O) groups excluding carboxylic acids is 4. The molecular weight excluding hydrogens is 658 g/mol. The van der Waals surface area contributed by atoms with Crippen LogP contribution in [0.5, 0.6) is 5.75 Å². The monoisotopic (exact) mass is 694 g/mol. The summed E-state index contributed by atoms with van der Waals surface area (Å²) in [6, 6.07) is 6.03. The van der Waals surface area contributed by atoms with Crippen molar-refractivity contribution in [1.82, 2.24) is 25.4 Å². The van der Waals surface area contributed by atoms with Crippen molar-refractivity contribution in [2.45, 2.75) is 50.6 Å². The second kappa shape index (κ2) is 17.7. The van der Waals surface area contributed by atoms with Gasteiger partial charge in [-0.15, -0.1) is 0 Å². The first kappa shape index (κ1) is 37.3. The highest BCUT2D eigenvalue weighted by molar-refractivity contribution is 8.76. The Labute approximate surface area is 278 Å². The first-order valence-electron chi connectivity index (χ1n) is 14.7. The van der Waals surface area contributed by atoms with Gasteiger partial charge in [-0.1, -0.05) is 33.7 Å². The summed E-state index contributed by atoms with van der Waals surface area (Å²) in [5.41, 5.74) is 0.602. The molecule has 1 aromatic carbocycles. The standard InChI is InChI=1S/C30H36F2N6O7S2/c1-19(29(43)44)37(2)25(40)9-14-47-46-13-8-24(39)34-10-4-12-45-23-6-3-5-21-22(7-11-35-27(21)23)28(42)36-17-26(41)38-18-30(31,32)15-20(38)16-33/h3,5-7,11,19-20H,4,8-10,12-15,17-18H2,1-2H3,(H,34,39)(H,36,42)(H,43,44)/t19-,20-/m0/s1. The van der Waals surface area contributed by atoms with Crippen molar-refractivity contribution in [2.24, 2.45) is 0 Å². The number of likely N-dealkylation sites (tertiary alicyclic amines) is 1. The maximum atomic E-state index is 13.7. The van der Waals surface area contributed by atoms with Crippen molar-refractivity contribution in [2.75, 3.05) is 44.8 Å². The number of rotatable bonds is 17. The molecule has 17 heteroatoms. The minimum Gasteiger partial charge on any atom is -0.491 e. The largest absolute Gasteiger partial charge is 0.491 e. The fraction of sp³-hybridized carbons (Fsp3) is 0.500. The number of amides is 4. The molecule has 3 rings (SSSR count). The number of nitrogens with zero attached hydrogens (tertiary/aromatic N) is 4. The van der Waals surface area contributed by atoms with E-state index in [1.165, 1.54) is 52.7 Å². The van der Waals surface area contributed by atoms with Crippen LogP contribution in [0.2, 0.25) is 0 Å². The summed E-state index contributed by atoms with van der Waals surface area (Å²) in [4.78, 5) is 66.8. The van der Waals surface area contributed by atoms with Crippen LogP contribution in [-0.4, -0.2) is 112 Å². The average molecular weight is 695 g/mol. The van der Waals surface area contributed by atoms with Crippen LogP contribution in [0.1, 0.15) is 43.0 Å². The molecule has 0 unspecified atom stereocenters. The van der Waals surface area contributed by atoms with E-state index < -0.39 is 55.3 Å². The van der Waals surface area contributed by atoms with Gasteiger partial charge in [-0.25, -0.2) is 13.6 Å². The molecule has 1 saturated heterocycles. The lowest BCUT2D eigenvalue weighted by molar-refractivity contribution is -0.148. The number of fused-ring (bicyclic) bond motifs is 1. The van der Waals surface area contributed by atoms with Gasteiger partial charge in [0.2, 0.25) is 17.7 Å². The van der Waals surface area contributed by atoms with Crippen LogP contribution in [0, 0.1) is 11.3 Å². The number of aromatic nitrogens is 1. The van der Waals surface area contributed by atoms with Crippen molar-refractivity contribution in [1.29, 1.82) is 5.26 Å². The van der Waals surface area contributed by atoms with Gasteiger partial charge in [0, 0.05) is 55.9 Å². The van der Waals surface area contributed by atoms with Gasteiger partial charge in [0.05, 0.1) is 31.3 Å². The van der Waals surface area contributed by atoms with E-state index in [4.69, 9.17) is 15.1 Å². The van der Waals surface area contributed by atoms with Crippen molar-refractivity contribution in [3.05, 3.63) is 36.0 Å². The lowest BCUT2D eigenvalue weighted by atomic mass is 10.1. The van der Waals surface area contributed by atoms with Gasteiger partial charge >= 0.3 is 5.97 Å². The number of aliphatic carboxylic acids is 1.